The van der Waals surface area contributed by atoms with Crippen LogP contribution in [-0.2, 0) is 0 Å². The van der Waals surface area contributed by atoms with Crippen LogP contribution in [-0.4, -0.2) is 9.97 Å². The molecule has 88 valence electrons. The Bertz CT molecular complexity index is 700. The van der Waals surface area contributed by atoms with Gasteiger partial charge in [0.15, 0.2) is 5.82 Å². The third kappa shape index (κ3) is 1.86. The third-order valence-electron chi connectivity index (χ3n) is 3.10. The second-order valence-corrected chi connectivity index (χ2v) is 4.52. The summed E-state index contributed by atoms with van der Waals surface area (Å²) in [6.45, 7) is 4.11. The van der Waals surface area contributed by atoms with Crippen molar-refractivity contribution < 1.29 is 0 Å². The molecule has 0 aliphatic rings. The van der Waals surface area contributed by atoms with Gasteiger partial charge in [0, 0.05) is 16.6 Å². The molecule has 0 bridgehead atoms. The summed E-state index contributed by atoms with van der Waals surface area (Å²) < 4.78 is 0. The van der Waals surface area contributed by atoms with Crippen molar-refractivity contribution in [3.05, 3.63) is 59.8 Å². The number of rotatable bonds is 1. The number of para-hydroxylation sites is 1. The molecule has 1 heterocycles. The smallest absolute Gasteiger partial charge is 0.160 e. The van der Waals surface area contributed by atoms with Crippen LogP contribution in [0.5, 0.6) is 0 Å². The Morgan fingerprint density at radius 1 is 0.778 bits per heavy atom. The lowest BCUT2D eigenvalue weighted by Crippen LogP contribution is -1.94. The highest BCUT2D eigenvalue weighted by atomic mass is 14.9. The Balaban J connectivity index is 2.21. The molecule has 2 nitrogen and oxygen atoms in total. The van der Waals surface area contributed by atoms with Crippen molar-refractivity contribution in [1.82, 2.24) is 9.97 Å². The molecule has 0 unspecified atom stereocenters. The summed E-state index contributed by atoms with van der Waals surface area (Å²) in [4.78, 5) is 9.21. The molecule has 3 aromatic rings. The second kappa shape index (κ2) is 4.22. The van der Waals surface area contributed by atoms with Gasteiger partial charge < -0.3 is 0 Å². The molecule has 0 spiro atoms. The lowest BCUT2D eigenvalue weighted by Gasteiger charge is -2.05. The molecule has 3 rings (SSSR count). The van der Waals surface area contributed by atoms with E-state index in [1.54, 1.807) is 0 Å². The van der Waals surface area contributed by atoms with Crippen LogP contribution >= 0.6 is 0 Å². The fraction of sp³-hybridized carbons (Fsp3) is 0.125. The third-order valence-corrected chi connectivity index (χ3v) is 3.10. The second-order valence-electron chi connectivity index (χ2n) is 4.52. The van der Waals surface area contributed by atoms with Gasteiger partial charge in [0.25, 0.3) is 0 Å². The number of benzene rings is 2. The van der Waals surface area contributed by atoms with Crippen LogP contribution in [0.4, 0.5) is 0 Å². The van der Waals surface area contributed by atoms with Crippen LogP contribution in [0.3, 0.4) is 0 Å². The molecule has 0 radical (unpaired) electrons. The largest absolute Gasteiger partial charge is 0.233 e. The lowest BCUT2D eigenvalue weighted by atomic mass is 10.1. The average molecular weight is 234 g/mol. The number of aromatic nitrogens is 2. The van der Waals surface area contributed by atoms with Crippen LogP contribution in [0.15, 0.2) is 48.5 Å². The van der Waals surface area contributed by atoms with Crippen LogP contribution in [0, 0.1) is 13.8 Å². The fourth-order valence-corrected chi connectivity index (χ4v) is 2.07. The van der Waals surface area contributed by atoms with Crippen molar-refractivity contribution in [2.24, 2.45) is 0 Å². The van der Waals surface area contributed by atoms with Gasteiger partial charge >= 0.3 is 0 Å². The molecule has 0 aliphatic heterocycles. The van der Waals surface area contributed by atoms with E-state index in [2.05, 4.69) is 47.2 Å². The molecule has 18 heavy (non-hydrogen) atoms. The maximum atomic E-state index is 4.62. The highest BCUT2D eigenvalue weighted by molar-refractivity contribution is 5.82. The van der Waals surface area contributed by atoms with Gasteiger partial charge in [-0.1, -0.05) is 48.0 Å². The minimum Gasteiger partial charge on any atom is -0.233 e. The van der Waals surface area contributed by atoms with E-state index >= 15 is 0 Å². The van der Waals surface area contributed by atoms with Gasteiger partial charge in [0.1, 0.15) is 0 Å². The van der Waals surface area contributed by atoms with Gasteiger partial charge in [-0.3, -0.25) is 0 Å². The number of aryl methyl sites for hydroxylation is 2. The Morgan fingerprint density at radius 2 is 1.50 bits per heavy atom. The monoisotopic (exact) mass is 234 g/mol. The van der Waals surface area contributed by atoms with Crippen LogP contribution in [0.25, 0.3) is 22.3 Å². The van der Waals surface area contributed by atoms with Crippen molar-refractivity contribution in [1.29, 1.82) is 0 Å². The number of hydrogen-bond donors (Lipinski definition) is 0. The van der Waals surface area contributed by atoms with Crippen molar-refractivity contribution in [2.45, 2.75) is 13.8 Å². The zero-order valence-corrected chi connectivity index (χ0v) is 10.5. The lowest BCUT2D eigenvalue weighted by molar-refractivity contribution is 1.16. The minimum atomic E-state index is 0.797. The van der Waals surface area contributed by atoms with Crippen LogP contribution < -0.4 is 0 Å². The quantitative estimate of drug-likeness (QED) is 0.638. The molecule has 2 heteroatoms. The van der Waals surface area contributed by atoms with Crippen molar-refractivity contribution in [2.75, 3.05) is 0 Å². The molecule has 0 amide bonds. The Labute approximate surface area is 106 Å². The Kier molecular flexibility index (Phi) is 2.56. The summed E-state index contributed by atoms with van der Waals surface area (Å²) >= 11 is 0. The van der Waals surface area contributed by atoms with Crippen LogP contribution in [0.1, 0.15) is 11.3 Å². The maximum Gasteiger partial charge on any atom is 0.160 e. The predicted molar refractivity (Wildman–Crippen MR) is 74.4 cm³/mol. The normalized spacial score (nSPS) is 10.8. The summed E-state index contributed by atoms with van der Waals surface area (Å²) in [6, 6.07) is 16.4. The minimum absolute atomic E-state index is 0.797. The first-order chi connectivity index (χ1) is 8.74. The molecule has 2 aromatic carbocycles. The van der Waals surface area contributed by atoms with E-state index in [1.807, 2.05) is 25.1 Å². The summed E-state index contributed by atoms with van der Waals surface area (Å²) in [5.41, 5.74) is 4.34. The van der Waals surface area contributed by atoms with E-state index in [4.69, 9.17) is 0 Å². The van der Waals surface area contributed by atoms with Crippen LogP contribution in [0.2, 0.25) is 0 Å². The van der Waals surface area contributed by atoms with Gasteiger partial charge in [0.05, 0.1) is 5.52 Å². The molecule has 0 saturated carbocycles. The molecule has 0 aliphatic carbocycles. The van der Waals surface area contributed by atoms with Gasteiger partial charge in [-0.25, -0.2) is 9.97 Å². The first kappa shape index (κ1) is 10.9. The predicted octanol–water partition coefficient (Wildman–Crippen LogP) is 3.91. The maximum absolute atomic E-state index is 4.62. The number of hydrogen-bond acceptors (Lipinski definition) is 2. The Hall–Kier alpha value is -2.22. The molecule has 1 aromatic heterocycles. The van der Waals surface area contributed by atoms with E-state index in [1.165, 1.54) is 5.56 Å². The van der Waals surface area contributed by atoms with E-state index in [9.17, 15) is 0 Å². The molecule has 0 N–H and O–H groups in total. The Morgan fingerprint density at radius 3 is 2.28 bits per heavy atom. The average Bonchev–Trinajstić information content (AvgIpc) is 2.39. The molecular formula is C16H14N2. The van der Waals surface area contributed by atoms with E-state index < -0.39 is 0 Å². The number of nitrogens with zero attached hydrogens (tertiary/aromatic N) is 2. The summed E-state index contributed by atoms with van der Waals surface area (Å²) in [5, 5.41) is 1.12. The zero-order valence-electron chi connectivity index (χ0n) is 10.5. The van der Waals surface area contributed by atoms with Crippen molar-refractivity contribution in [3.8, 4) is 11.4 Å². The standard InChI is InChI=1S/C16H14N2/c1-11-7-9-13(10-8-11)16-17-12(2)14-5-3-4-6-15(14)18-16/h3-10H,1-2H3. The van der Waals surface area contributed by atoms with Gasteiger partial charge in [-0.2, -0.15) is 0 Å². The van der Waals surface area contributed by atoms with Crippen molar-refractivity contribution >= 4 is 10.9 Å². The summed E-state index contributed by atoms with van der Waals surface area (Å²) in [7, 11) is 0. The number of fused-ring (bicyclic) bond motifs is 1. The summed E-state index contributed by atoms with van der Waals surface area (Å²) in [5.74, 6) is 0.797. The van der Waals surface area contributed by atoms with E-state index in [0.29, 0.717) is 0 Å². The molecule has 0 atom stereocenters. The van der Waals surface area contributed by atoms with Gasteiger partial charge in [-0.15, -0.1) is 0 Å². The van der Waals surface area contributed by atoms with Crippen molar-refractivity contribution in [3.63, 3.8) is 0 Å². The first-order valence-electron chi connectivity index (χ1n) is 6.04. The summed E-state index contributed by atoms with van der Waals surface area (Å²) in [6.07, 6.45) is 0. The molecule has 0 saturated heterocycles. The first-order valence-corrected chi connectivity index (χ1v) is 6.04. The van der Waals surface area contributed by atoms with Gasteiger partial charge in [0.2, 0.25) is 0 Å². The van der Waals surface area contributed by atoms with Gasteiger partial charge in [-0.05, 0) is 19.9 Å². The fourth-order valence-electron chi connectivity index (χ4n) is 2.07. The van der Waals surface area contributed by atoms with E-state index in [0.717, 1.165) is 28.0 Å². The van der Waals surface area contributed by atoms with E-state index in [-0.39, 0.29) is 0 Å². The highest BCUT2D eigenvalue weighted by Crippen LogP contribution is 2.21. The molecular weight excluding hydrogens is 220 g/mol. The zero-order chi connectivity index (χ0) is 12.5. The molecule has 0 fully saturated rings. The topological polar surface area (TPSA) is 25.8 Å². The highest BCUT2D eigenvalue weighted by Gasteiger charge is 2.05. The SMILES string of the molecule is Cc1ccc(-c2nc(C)c3ccccc3n2)cc1.